The lowest BCUT2D eigenvalue weighted by molar-refractivity contribution is 0.0467. The van der Waals surface area contributed by atoms with Gasteiger partial charge < -0.3 is 9.47 Å². The van der Waals surface area contributed by atoms with E-state index in [0.29, 0.717) is 10.7 Å². The first-order chi connectivity index (χ1) is 13.8. The first-order valence-electron chi connectivity index (χ1n) is 8.98. The number of carbonyl (C=O) groups is 1. The Hall–Kier alpha value is -1.87. The second kappa shape index (κ2) is 9.30. The molecule has 0 unspecified atom stereocenters. The van der Waals surface area contributed by atoms with Crippen molar-refractivity contribution >= 4 is 39.2 Å². The number of hydrogen-bond donors (Lipinski definition) is 1. The average molecular weight is 459 g/mol. The van der Waals surface area contributed by atoms with Crippen molar-refractivity contribution in [1.29, 1.82) is 0 Å². The van der Waals surface area contributed by atoms with Crippen LogP contribution in [0, 0.1) is 0 Å². The summed E-state index contributed by atoms with van der Waals surface area (Å²) in [4.78, 5) is 16.4. The molecule has 1 fully saturated rings. The Morgan fingerprint density at radius 2 is 1.93 bits per heavy atom. The van der Waals surface area contributed by atoms with Gasteiger partial charge in [-0.1, -0.05) is 36.0 Å². The van der Waals surface area contributed by atoms with Gasteiger partial charge in [0.25, 0.3) is 0 Å². The number of carbonyl (C=O) groups excluding carboxylic acids is 1. The van der Waals surface area contributed by atoms with Crippen molar-refractivity contribution in [3.8, 4) is 5.75 Å². The summed E-state index contributed by atoms with van der Waals surface area (Å²) in [6.45, 7) is -0.202. The number of esters is 1. The molecule has 2 aromatic rings. The molecule has 7 nitrogen and oxygen atoms in total. The van der Waals surface area contributed by atoms with Crippen molar-refractivity contribution in [1.82, 2.24) is 9.71 Å². The summed E-state index contributed by atoms with van der Waals surface area (Å²) < 4.78 is 38.7. The predicted molar refractivity (Wildman–Crippen MR) is 109 cm³/mol. The van der Waals surface area contributed by atoms with Gasteiger partial charge in [-0.2, -0.15) is 0 Å². The highest BCUT2D eigenvalue weighted by atomic mass is 35.5. The topological polar surface area (TPSA) is 94.6 Å². The molecule has 0 saturated heterocycles. The van der Waals surface area contributed by atoms with E-state index in [9.17, 15) is 13.2 Å². The minimum Gasteiger partial charge on any atom is -0.495 e. The van der Waals surface area contributed by atoms with Gasteiger partial charge in [-0.3, -0.25) is 0 Å². The Morgan fingerprint density at radius 1 is 1.21 bits per heavy atom. The van der Waals surface area contributed by atoms with Gasteiger partial charge in [0.15, 0.2) is 0 Å². The lowest BCUT2D eigenvalue weighted by Gasteiger charge is -2.15. The Kier molecular flexibility index (Phi) is 7.00. The van der Waals surface area contributed by atoms with Crippen LogP contribution in [0.2, 0.25) is 10.2 Å². The zero-order chi connectivity index (χ0) is 21.0. The van der Waals surface area contributed by atoms with Crippen LogP contribution in [0.15, 0.2) is 35.2 Å². The number of nitrogens with zero attached hydrogens (tertiary/aromatic N) is 1. The smallest absolute Gasteiger partial charge is 0.338 e. The van der Waals surface area contributed by atoms with Gasteiger partial charge in [0.2, 0.25) is 10.0 Å². The molecular weight excluding hydrogens is 439 g/mol. The SMILES string of the molecule is COc1ccc(C(=O)OCc2nc(Cl)ccc2Cl)cc1S(=O)(=O)NC1CCCC1. The molecule has 1 aromatic carbocycles. The van der Waals surface area contributed by atoms with Crippen LogP contribution < -0.4 is 9.46 Å². The normalized spacial score (nSPS) is 14.7. The average Bonchev–Trinajstić information content (AvgIpc) is 3.20. The second-order valence-corrected chi connectivity index (χ2v) is 9.08. The summed E-state index contributed by atoms with van der Waals surface area (Å²) in [6.07, 6.45) is 3.54. The molecule has 10 heteroatoms. The second-order valence-electron chi connectivity index (χ2n) is 6.61. The number of pyridine rings is 1. The summed E-state index contributed by atoms with van der Waals surface area (Å²) in [5.41, 5.74) is 0.368. The largest absolute Gasteiger partial charge is 0.495 e. The molecular formula is C19H20Cl2N2O5S. The van der Waals surface area contributed by atoms with Crippen molar-refractivity contribution in [3.05, 3.63) is 51.8 Å². The maximum atomic E-state index is 12.8. The number of nitrogens with one attached hydrogen (secondary N) is 1. The van der Waals surface area contributed by atoms with E-state index in [-0.39, 0.29) is 34.0 Å². The minimum atomic E-state index is -3.86. The third-order valence-electron chi connectivity index (χ3n) is 4.59. The Balaban J connectivity index is 1.80. The number of benzene rings is 1. The van der Waals surface area contributed by atoms with Crippen LogP contribution in [-0.2, 0) is 21.4 Å². The summed E-state index contributed by atoms with van der Waals surface area (Å²) in [5, 5.41) is 0.525. The third-order valence-corrected chi connectivity index (χ3v) is 6.69. The van der Waals surface area contributed by atoms with E-state index in [0.717, 1.165) is 25.7 Å². The number of halogens is 2. The highest BCUT2D eigenvalue weighted by molar-refractivity contribution is 7.89. The fourth-order valence-electron chi connectivity index (χ4n) is 3.12. The molecule has 1 aliphatic carbocycles. The van der Waals surface area contributed by atoms with Gasteiger partial charge >= 0.3 is 5.97 Å². The van der Waals surface area contributed by atoms with Crippen LogP contribution in [0.25, 0.3) is 0 Å². The predicted octanol–water partition coefficient (Wildman–Crippen LogP) is 3.97. The molecule has 1 aliphatic rings. The van der Waals surface area contributed by atoms with E-state index in [1.807, 2.05) is 0 Å². The van der Waals surface area contributed by atoms with Gasteiger partial charge in [-0.25, -0.2) is 22.9 Å². The minimum absolute atomic E-state index is 0.0655. The van der Waals surface area contributed by atoms with Gasteiger partial charge in [-0.05, 0) is 43.2 Å². The first kappa shape index (κ1) is 21.8. The fourth-order valence-corrected chi connectivity index (χ4v) is 4.94. The van der Waals surface area contributed by atoms with Gasteiger partial charge in [0, 0.05) is 6.04 Å². The van der Waals surface area contributed by atoms with E-state index in [1.54, 1.807) is 6.07 Å². The van der Waals surface area contributed by atoms with Crippen LogP contribution in [0.1, 0.15) is 41.7 Å². The monoisotopic (exact) mass is 458 g/mol. The van der Waals surface area contributed by atoms with E-state index in [4.69, 9.17) is 32.7 Å². The zero-order valence-corrected chi connectivity index (χ0v) is 18.0. The van der Waals surface area contributed by atoms with Crippen LogP contribution >= 0.6 is 23.2 Å². The van der Waals surface area contributed by atoms with E-state index in [1.165, 1.54) is 31.4 Å². The fraction of sp³-hybridized carbons (Fsp3) is 0.368. The van der Waals surface area contributed by atoms with E-state index in [2.05, 4.69) is 9.71 Å². The molecule has 0 bridgehead atoms. The van der Waals surface area contributed by atoms with Crippen molar-refractivity contribution in [2.75, 3.05) is 7.11 Å². The van der Waals surface area contributed by atoms with Crippen molar-refractivity contribution in [3.63, 3.8) is 0 Å². The molecule has 0 aliphatic heterocycles. The Morgan fingerprint density at radius 3 is 2.62 bits per heavy atom. The molecule has 3 rings (SSSR count). The maximum Gasteiger partial charge on any atom is 0.338 e. The Labute approximate surface area is 179 Å². The summed E-state index contributed by atoms with van der Waals surface area (Å²) in [5.74, 6) is -0.575. The number of ether oxygens (including phenoxy) is 2. The quantitative estimate of drug-likeness (QED) is 0.497. The van der Waals surface area contributed by atoms with Gasteiger partial charge in [0.05, 0.1) is 23.4 Å². The lowest BCUT2D eigenvalue weighted by atomic mass is 10.2. The molecule has 0 spiro atoms. The van der Waals surface area contributed by atoms with Crippen LogP contribution in [0.3, 0.4) is 0 Å². The Bertz CT molecular complexity index is 1010. The molecule has 1 saturated carbocycles. The zero-order valence-electron chi connectivity index (χ0n) is 15.7. The maximum absolute atomic E-state index is 12.8. The van der Waals surface area contributed by atoms with Crippen molar-refractivity contribution < 1.29 is 22.7 Å². The number of methoxy groups -OCH3 is 1. The first-order valence-corrected chi connectivity index (χ1v) is 11.2. The molecule has 1 aromatic heterocycles. The van der Waals surface area contributed by atoms with E-state index < -0.39 is 16.0 Å². The lowest BCUT2D eigenvalue weighted by Crippen LogP contribution is -2.33. The summed E-state index contributed by atoms with van der Waals surface area (Å²) in [7, 11) is -2.49. The van der Waals surface area contributed by atoms with Gasteiger partial charge in [0.1, 0.15) is 22.4 Å². The molecule has 1 N–H and O–H groups in total. The van der Waals surface area contributed by atoms with Crippen molar-refractivity contribution in [2.24, 2.45) is 0 Å². The molecule has 156 valence electrons. The van der Waals surface area contributed by atoms with Gasteiger partial charge in [-0.15, -0.1) is 0 Å². The number of aromatic nitrogens is 1. The van der Waals surface area contributed by atoms with Crippen LogP contribution in [0.5, 0.6) is 5.75 Å². The van der Waals surface area contributed by atoms with Crippen molar-refractivity contribution in [2.45, 2.75) is 43.2 Å². The molecule has 1 heterocycles. The highest BCUT2D eigenvalue weighted by Gasteiger charge is 2.27. The number of hydrogen-bond acceptors (Lipinski definition) is 6. The molecule has 0 atom stereocenters. The summed E-state index contributed by atoms with van der Waals surface area (Å²) in [6, 6.07) is 7.05. The third kappa shape index (κ3) is 5.39. The summed E-state index contributed by atoms with van der Waals surface area (Å²) >= 11 is 11.8. The molecule has 0 radical (unpaired) electrons. The number of rotatable bonds is 7. The highest BCUT2D eigenvalue weighted by Crippen LogP contribution is 2.28. The number of sulfonamides is 1. The van der Waals surface area contributed by atoms with Crippen LogP contribution in [-0.4, -0.2) is 32.5 Å². The molecule has 29 heavy (non-hydrogen) atoms. The molecule has 0 amide bonds. The van der Waals surface area contributed by atoms with Crippen LogP contribution in [0.4, 0.5) is 0 Å². The standard InChI is InChI=1S/C19H20Cl2N2O5S/c1-27-16-8-6-12(10-17(16)29(25,26)23-13-4-2-3-5-13)19(24)28-11-15-14(20)7-9-18(21)22-15/h6-10,13,23H,2-5,11H2,1H3. The van der Waals surface area contributed by atoms with E-state index >= 15 is 0 Å².